The Hall–Kier alpha value is -1.22. The molecule has 0 spiro atoms. The monoisotopic (exact) mass is 333 g/mol. The first-order chi connectivity index (χ1) is 10.7. The average molecular weight is 333 g/mol. The Bertz CT molecular complexity index is 424. The van der Waals surface area contributed by atoms with E-state index >= 15 is 0 Å². The van der Waals surface area contributed by atoms with E-state index in [-0.39, 0.29) is 12.5 Å². The lowest BCUT2D eigenvalue weighted by molar-refractivity contribution is -0.153. The maximum Gasteiger partial charge on any atom is 0.328 e. The van der Waals surface area contributed by atoms with Crippen molar-refractivity contribution in [3.05, 3.63) is 0 Å². The fourth-order valence-electron chi connectivity index (χ4n) is 2.43. The summed E-state index contributed by atoms with van der Waals surface area (Å²) in [5.74, 6) is -1.85. The number of ether oxygens (including phenoxy) is 1. The summed E-state index contributed by atoms with van der Waals surface area (Å²) < 4.78 is 4.63. The predicted molar refractivity (Wildman–Crippen MR) is 80.2 cm³/mol. The Kier molecular flexibility index (Phi) is 6.94. The highest BCUT2D eigenvalue weighted by atomic mass is 16.5. The molecule has 0 aliphatic heterocycles. The molecule has 23 heavy (non-hydrogen) atoms. The number of carbonyl (C=O) groups excluding carboxylic acids is 2. The van der Waals surface area contributed by atoms with Gasteiger partial charge in [-0.05, 0) is 18.8 Å². The number of amides is 1. The first-order valence-electron chi connectivity index (χ1n) is 7.77. The summed E-state index contributed by atoms with van der Waals surface area (Å²) in [6, 6.07) is -0.954. The summed E-state index contributed by atoms with van der Waals surface area (Å²) >= 11 is 0. The summed E-state index contributed by atoms with van der Waals surface area (Å²) in [4.78, 5) is 23.8. The molecule has 0 aromatic rings. The van der Waals surface area contributed by atoms with Crippen molar-refractivity contribution in [3.63, 3.8) is 0 Å². The van der Waals surface area contributed by atoms with Crippen LogP contribution in [0.2, 0.25) is 0 Å². The van der Waals surface area contributed by atoms with Crippen molar-refractivity contribution in [2.75, 3.05) is 13.7 Å². The standard InChI is InChI=1S/C15H27NO7/c1-4-8(2)9(14(22)23-3)16-13(21)11(19)10(18)12(20)15(7-17)5-6-15/h8-12,17-20H,4-7H2,1-3H3,(H,16,21)/t8?,9?,10-,11-,12+/m1/s1. The van der Waals surface area contributed by atoms with Gasteiger partial charge >= 0.3 is 5.97 Å². The maximum atomic E-state index is 12.1. The molecule has 0 heterocycles. The number of aliphatic hydroxyl groups is 4. The van der Waals surface area contributed by atoms with Crippen molar-refractivity contribution in [3.8, 4) is 0 Å². The van der Waals surface area contributed by atoms with Gasteiger partial charge in [-0.15, -0.1) is 0 Å². The number of nitrogens with one attached hydrogen (secondary N) is 1. The summed E-state index contributed by atoms with van der Waals surface area (Å²) in [6.45, 7) is 3.24. The van der Waals surface area contributed by atoms with Gasteiger partial charge < -0.3 is 30.5 Å². The van der Waals surface area contributed by atoms with Gasteiger partial charge in [0.25, 0.3) is 5.91 Å². The van der Waals surface area contributed by atoms with E-state index in [2.05, 4.69) is 10.1 Å². The van der Waals surface area contributed by atoms with Gasteiger partial charge in [0, 0.05) is 5.41 Å². The molecule has 8 nitrogen and oxygen atoms in total. The van der Waals surface area contributed by atoms with Gasteiger partial charge in [0.1, 0.15) is 12.1 Å². The van der Waals surface area contributed by atoms with Crippen LogP contribution in [0.5, 0.6) is 0 Å². The second-order valence-corrected chi connectivity index (χ2v) is 6.30. The van der Waals surface area contributed by atoms with Crippen LogP contribution in [0.15, 0.2) is 0 Å². The first kappa shape index (κ1) is 19.8. The second-order valence-electron chi connectivity index (χ2n) is 6.30. The quantitative estimate of drug-likeness (QED) is 0.325. The lowest BCUT2D eigenvalue weighted by Crippen LogP contribution is -2.55. The third-order valence-corrected chi connectivity index (χ3v) is 4.72. The van der Waals surface area contributed by atoms with Crippen LogP contribution in [-0.4, -0.2) is 70.4 Å². The van der Waals surface area contributed by atoms with Gasteiger partial charge in [-0.1, -0.05) is 20.3 Å². The van der Waals surface area contributed by atoms with Crippen molar-refractivity contribution >= 4 is 11.9 Å². The minimum absolute atomic E-state index is 0.229. The molecule has 134 valence electrons. The molecular weight excluding hydrogens is 306 g/mol. The van der Waals surface area contributed by atoms with Gasteiger partial charge in [-0.3, -0.25) is 4.79 Å². The SMILES string of the molecule is CCC(C)C(NC(=O)[C@H](O)[C@@H](O)[C@H](O)C1(CO)CC1)C(=O)OC. The van der Waals surface area contributed by atoms with Crippen LogP contribution in [0.25, 0.3) is 0 Å². The topological polar surface area (TPSA) is 136 Å². The fourth-order valence-corrected chi connectivity index (χ4v) is 2.43. The van der Waals surface area contributed by atoms with E-state index in [1.54, 1.807) is 6.92 Å². The highest BCUT2D eigenvalue weighted by molar-refractivity contribution is 5.87. The molecule has 5 N–H and O–H groups in total. The predicted octanol–water partition coefficient (Wildman–Crippen LogP) is -1.45. The van der Waals surface area contributed by atoms with Crippen LogP contribution in [-0.2, 0) is 14.3 Å². The van der Waals surface area contributed by atoms with Crippen LogP contribution in [0, 0.1) is 11.3 Å². The highest BCUT2D eigenvalue weighted by Gasteiger charge is 2.53. The van der Waals surface area contributed by atoms with Crippen molar-refractivity contribution in [1.29, 1.82) is 0 Å². The summed E-state index contributed by atoms with van der Waals surface area (Å²) in [5, 5.41) is 41.5. The van der Waals surface area contributed by atoms with E-state index in [0.717, 1.165) is 0 Å². The first-order valence-corrected chi connectivity index (χ1v) is 7.77. The molecule has 0 saturated heterocycles. The van der Waals surface area contributed by atoms with Gasteiger partial charge in [0.15, 0.2) is 6.10 Å². The van der Waals surface area contributed by atoms with Gasteiger partial charge in [0.2, 0.25) is 0 Å². The number of esters is 1. The zero-order chi connectivity index (χ0) is 17.8. The number of aliphatic hydroxyl groups excluding tert-OH is 4. The van der Waals surface area contributed by atoms with E-state index in [9.17, 15) is 30.0 Å². The zero-order valence-electron chi connectivity index (χ0n) is 13.7. The molecular formula is C15H27NO7. The fraction of sp³-hybridized carbons (Fsp3) is 0.867. The second kappa shape index (κ2) is 8.05. The number of rotatable bonds is 9. The summed E-state index contributed by atoms with van der Waals surface area (Å²) in [6.07, 6.45) is -3.48. The molecule has 0 aromatic carbocycles. The Balaban J connectivity index is 2.72. The van der Waals surface area contributed by atoms with Crippen LogP contribution >= 0.6 is 0 Å². The van der Waals surface area contributed by atoms with E-state index in [1.165, 1.54) is 7.11 Å². The third kappa shape index (κ3) is 4.41. The van der Waals surface area contributed by atoms with Crippen molar-refractivity contribution in [2.24, 2.45) is 11.3 Å². The van der Waals surface area contributed by atoms with Crippen LogP contribution in [0.1, 0.15) is 33.1 Å². The smallest absolute Gasteiger partial charge is 0.328 e. The number of hydrogen-bond donors (Lipinski definition) is 5. The molecule has 1 rings (SSSR count). The number of hydrogen-bond acceptors (Lipinski definition) is 7. The van der Waals surface area contributed by atoms with Crippen molar-refractivity contribution in [2.45, 2.75) is 57.5 Å². The van der Waals surface area contributed by atoms with Crippen LogP contribution < -0.4 is 5.32 Å². The Morgan fingerprint density at radius 2 is 1.83 bits per heavy atom. The van der Waals surface area contributed by atoms with E-state index in [0.29, 0.717) is 19.3 Å². The molecule has 8 heteroatoms. The molecule has 1 aliphatic carbocycles. The van der Waals surface area contributed by atoms with E-state index in [4.69, 9.17) is 0 Å². The molecule has 1 aliphatic rings. The normalized spacial score (nSPS) is 22.4. The molecule has 1 saturated carbocycles. The van der Waals surface area contributed by atoms with Gasteiger partial charge in [0.05, 0.1) is 19.8 Å². The molecule has 0 radical (unpaired) electrons. The number of carbonyl (C=O) groups is 2. The average Bonchev–Trinajstić information content (AvgIpc) is 3.37. The molecule has 0 aromatic heterocycles. The molecule has 1 fully saturated rings. The lowest BCUT2D eigenvalue weighted by atomic mass is 9.92. The minimum atomic E-state index is -1.91. The maximum absolute atomic E-state index is 12.1. The van der Waals surface area contributed by atoms with Crippen LogP contribution in [0.4, 0.5) is 0 Å². The molecule has 1 amide bonds. The van der Waals surface area contributed by atoms with E-state index < -0.39 is 41.6 Å². The lowest BCUT2D eigenvalue weighted by Gasteiger charge is -2.29. The number of methoxy groups -OCH3 is 1. The Morgan fingerprint density at radius 3 is 2.22 bits per heavy atom. The zero-order valence-corrected chi connectivity index (χ0v) is 13.7. The summed E-state index contributed by atoms with van der Waals surface area (Å²) in [5.41, 5.74) is -0.862. The van der Waals surface area contributed by atoms with Crippen molar-refractivity contribution in [1.82, 2.24) is 5.32 Å². The molecule has 2 unspecified atom stereocenters. The molecule has 5 atom stereocenters. The van der Waals surface area contributed by atoms with Crippen LogP contribution in [0.3, 0.4) is 0 Å². The minimum Gasteiger partial charge on any atom is -0.467 e. The largest absolute Gasteiger partial charge is 0.467 e. The summed E-state index contributed by atoms with van der Waals surface area (Å²) in [7, 11) is 1.19. The van der Waals surface area contributed by atoms with Crippen molar-refractivity contribution < 1.29 is 34.8 Å². The highest BCUT2D eigenvalue weighted by Crippen LogP contribution is 2.49. The van der Waals surface area contributed by atoms with Gasteiger partial charge in [-0.25, -0.2) is 4.79 Å². The van der Waals surface area contributed by atoms with Gasteiger partial charge in [-0.2, -0.15) is 0 Å². The Morgan fingerprint density at radius 1 is 1.26 bits per heavy atom. The Labute approximate surface area is 135 Å². The third-order valence-electron chi connectivity index (χ3n) is 4.72. The molecule has 0 bridgehead atoms. The van der Waals surface area contributed by atoms with E-state index in [1.807, 2.05) is 6.92 Å².